The Morgan fingerprint density at radius 2 is 1.83 bits per heavy atom. The number of nitrogen functional groups attached to an aromatic ring is 1. The van der Waals surface area contributed by atoms with Gasteiger partial charge in [0.05, 0.1) is 16.8 Å². The largest absolute Gasteiger partial charge is 0.397 e. The fourth-order valence-electron chi connectivity index (χ4n) is 2.22. The summed E-state index contributed by atoms with van der Waals surface area (Å²) in [5.41, 5.74) is 10.1. The van der Waals surface area contributed by atoms with E-state index in [1.807, 2.05) is 42.5 Å². The molecule has 2 aromatic carbocycles. The highest BCUT2D eigenvalue weighted by molar-refractivity contribution is 6.04. The number of nitrogens with zero attached hydrogens (tertiary/aromatic N) is 1. The van der Waals surface area contributed by atoms with Crippen LogP contribution in [0.3, 0.4) is 0 Å². The van der Waals surface area contributed by atoms with E-state index in [9.17, 15) is 5.26 Å². The predicted molar refractivity (Wildman–Crippen MR) is 72.9 cm³/mol. The van der Waals surface area contributed by atoms with Gasteiger partial charge in [-0.3, -0.25) is 0 Å². The lowest BCUT2D eigenvalue weighted by molar-refractivity contribution is 1.45. The van der Waals surface area contributed by atoms with Crippen LogP contribution in [0, 0.1) is 11.3 Å². The van der Waals surface area contributed by atoms with Crippen molar-refractivity contribution in [1.29, 1.82) is 5.26 Å². The first kappa shape index (κ1) is 10.4. The van der Waals surface area contributed by atoms with Crippen LogP contribution in [0.15, 0.2) is 48.7 Å². The SMILES string of the molecule is N#Cc1c[nH]c2c(N)ccc(-c3ccccc3)c12. The summed E-state index contributed by atoms with van der Waals surface area (Å²) in [6, 6.07) is 16.0. The molecule has 0 aliphatic rings. The second-order valence-electron chi connectivity index (χ2n) is 4.13. The van der Waals surface area contributed by atoms with Crippen LogP contribution < -0.4 is 5.73 Å². The van der Waals surface area contributed by atoms with E-state index in [-0.39, 0.29) is 0 Å². The Morgan fingerprint density at radius 3 is 2.56 bits per heavy atom. The molecular weight excluding hydrogens is 222 g/mol. The molecule has 0 spiro atoms. The van der Waals surface area contributed by atoms with E-state index >= 15 is 0 Å². The molecule has 0 aliphatic heterocycles. The van der Waals surface area contributed by atoms with E-state index in [1.165, 1.54) is 0 Å². The maximum atomic E-state index is 9.18. The van der Waals surface area contributed by atoms with Crippen molar-refractivity contribution < 1.29 is 0 Å². The van der Waals surface area contributed by atoms with Gasteiger partial charge in [0.25, 0.3) is 0 Å². The summed E-state index contributed by atoms with van der Waals surface area (Å²) in [6.45, 7) is 0. The minimum absolute atomic E-state index is 0.621. The first-order valence-electron chi connectivity index (χ1n) is 5.66. The number of anilines is 1. The second-order valence-corrected chi connectivity index (χ2v) is 4.13. The van der Waals surface area contributed by atoms with Gasteiger partial charge >= 0.3 is 0 Å². The average molecular weight is 233 g/mol. The second kappa shape index (κ2) is 3.94. The normalized spacial score (nSPS) is 10.4. The molecule has 0 radical (unpaired) electrons. The Labute approximate surface area is 104 Å². The van der Waals surface area contributed by atoms with E-state index in [4.69, 9.17) is 5.73 Å². The van der Waals surface area contributed by atoms with Crippen LogP contribution in [0.1, 0.15) is 5.56 Å². The van der Waals surface area contributed by atoms with Crippen molar-refractivity contribution in [3.8, 4) is 17.2 Å². The van der Waals surface area contributed by atoms with Crippen molar-refractivity contribution >= 4 is 16.6 Å². The Hall–Kier alpha value is -2.73. The molecular formula is C15H11N3. The van der Waals surface area contributed by atoms with Crippen molar-refractivity contribution in [2.75, 3.05) is 5.73 Å². The van der Waals surface area contributed by atoms with E-state index < -0.39 is 0 Å². The van der Waals surface area contributed by atoms with Gasteiger partial charge in [-0.1, -0.05) is 36.4 Å². The number of fused-ring (bicyclic) bond motifs is 1. The summed E-state index contributed by atoms with van der Waals surface area (Å²) in [4.78, 5) is 3.07. The molecule has 3 nitrogen and oxygen atoms in total. The molecule has 18 heavy (non-hydrogen) atoms. The summed E-state index contributed by atoms with van der Waals surface area (Å²) in [5.74, 6) is 0. The number of nitrogens with one attached hydrogen (secondary N) is 1. The maximum Gasteiger partial charge on any atom is 0.101 e. The lowest BCUT2D eigenvalue weighted by Crippen LogP contribution is -1.88. The van der Waals surface area contributed by atoms with E-state index in [0.29, 0.717) is 11.3 Å². The number of aromatic amines is 1. The molecule has 0 amide bonds. The summed E-state index contributed by atoms with van der Waals surface area (Å²) in [7, 11) is 0. The van der Waals surface area contributed by atoms with Gasteiger partial charge in [0, 0.05) is 11.6 Å². The maximum absolute atomic E-state index is 9.18. The number of nitriles is 1. The molecule has 3 rings (SSSR count). The van der Waals surface area contributed by atoms with Crippen LogP contribution in [0.2, 0.25) is 0 Å². The highest BCUT2D eigenvalue weighted by atomic mass is 14.7. The van der Waals surface area contributed by atoms with Gasteiger partial charge in [-0.05, 0) is 17.2 Å². The van der Waals surface area contributed by atoms with Gasteiger partial charge in [-0.15, -0.1) is 0 Å². The fraction of sp³-hybridized carbons (Fsp3) is 0. The van der Waals surface area contributed by atoms with Gasteiger partial charge in [0.15, 0.2) is 0 Å². The Balaban J connectivity index is 2.41. The molecule has 0 saturated heterocycles. The van der Waals surface area contributed by atoms with Crippen molar-refractivity contribution in [2.45, 2.75) is 0 Å². The number of benzene rings is 2. The highest BCUT2D eigenvalue weighted by Gasteiger charge is 2.11. The first-order chi connectivity index (χ1) is 8.81. The number of hydrogen-bond acceptors (Lipinski definition) is 2. The zero-order valence-corrected chi connectivity index (χ0v) is 9.64. The molecule has 3 heteroatoms. The molecule has 1 heterocycles. The van der Waals surface area contributed by atoms with E-state index in [0.717, 1.165) is 22.0 Å². The molecule has 86 valence electrons. The van der Waals surface area contributed by atoms with Crippen LogP contribution in [0.25, 0.3) is 22.0 Å². The third-order valence-corrected chi connectivity index (χ3v) is 3.07. The van der Waals surface area contributed by atoms with Crippen LogP contribution in [0.4, 0.5) is 5.69 Å². The smallest absolute Gasteiger partial charge is 0.101 e. The van der Waals surface area contributed by atoms with Crippen molar-refractivity contribution in [1.82, 2.24) is 4.98 Å². The van der Waals surface area contributed by atoms with Gasteiger partial charge < -0.3 is 10.7 Å². The van der Waals surface area contributed by atoms with Crippen LogP contribution in [-0.2, 0) is 0 Å². The lowest BCUT2D eigenvalue weighted by atomic mass is 9.99. The van der Waals surface area contributed by atoms with Gasteiger partial charge in [0.2, 0.25) is 0 Å². The van der Waals surface area contributed by atoms with Crippen molar-refractivity contribution in [3.63, 3.8) is 0 Å². The Morgan fingerprint density at radius 1 is 1.06 bits per heavy atom. The van der Waals surface area contributed by atoms with E-state index in [2.05, 4.69) is 11.1 Å². The zero-order valence-electron chi connectivity index (χ0n) is 9.64. The summed E-state index contributed by atoms with van der Waals surface area (Å²) in [6.07, 6.45) is 1.70. The van der Waals surface area contributed by atoms with Crippen molar-refractivity contribution in [2.24, 2.45) is 0 Å². The number of H-pyrrole nitrogens is 1. The molecule has 3 aromatic rings. The lowest BCUT2D eigenvalue weighted by Gasteiger charge is -2.06. The molecule has 1 aromatic heterocycles. The Bertz CT molecular complexity index is 748. The third-order valence-electron chi connectivity index (χ3n) is 3.07. The minimum atomic E-state index is 0.621. The number of aromatic nitrogens is 1. The topological polar surface area (TPSA) is 65.6 Å². The summed E-state index contributed by atoms with van der Waals surface area (Å²) in [5, 5.41) is 10.1. The average Bonchev–Trinajstić information content (AvgIpc) is 2.85. The van der Waals surface area contributed by atoms with Gasteiger partial charge in [-0.2, -0.15) is 5.26 Å². The van der Waals surface area contributed by atoms with Crippen LogP contribution >= 0.6 is 0 Å². The molecule has 0 unspecified atom stereocenters. The van der Waals surface area contributed by atoms with Gasteiger partial charge in [-0.25, -0.2) is 0 Å². The standard InChI is InChI=1S/C15H11N3/c16-8-11-9-18-15-13(17)7-6-12(14(11)15)10-4-2-1-3-5-10/h1-7,9,18H,17H2. The molecule has 0 atom stereocenters. The zero-order chi connectivity index (χ0) is 12.5. The first-order valence-corrected chi connectivity index (χ1v) is 5.66. The molecule has 3 N–H and O–H groups in total. The minimum Gasteiger partial charge on any atom is -0.397 e. The predicted octanol–water partition coefficient (Wildman–Crippen LogP) is 3.29. The molecule has 0 saturated carbocycles. The number of rotatable bonds is 1. The van der Waals surface area contributed by atoms with Crippen molar-refractivity contribution in [3.05, 3.63) is 54.2 Å². The molecule has 0 fully saturated rings. The summed E-state index contributed by atoms with van der Waals surface area (Å²) >= 11 is 0. The Kier molecular flexibility index (Phi) is 2.28. The number of hydrogen-bond donors (Lipinski definition) is 2. The van der Waals surface area contributed by atoms with Gasteiger partial charge in [0.1, 0.15) is 6.07 Å². The van der Waals surface area contributed by atoms with Crippen LogP contribution in [-0.4, -0.2) is 4.98 Å². The quantitative estimate of drug-likeness (QED) is 0.633. The monoisotopic (exact) mass is 233 g/mol. The molecule has 0 bridgehead atoms. The number of nitrogens with two attached hydrogens (primary N) is 1. The van der Waals surface area contributed by atoms with E-state index in [1.54, 1.807) is 6.20 Å². The highest BCUT2D eigenvalue weighted by Crippen LogP contribution is 2.33. The van der Waals surface area contributed by atoms with Crippen LogP contribution in [0.5, 0.6) is 0 Å². The fourth-order valence-corrected chi connectivity index (χ4v) is 2.22. The summed E-state index contributed by atoms with van der Waals surface area (Å²) < 4.78 is 0. The third kappa shape index (κ3) is 1.44. The molecule has 0 aliphatic carbocycles.